The molecule has 0 aliphatic rings. The molecule has 106 valence electrons. The van der Waals surface area contributed by atoms with Crippen molar-refractivity contribution in [3.05, 3.63) is 52.1 Å². The molecule has 1 aromatic carbocycles. The lowest BCUT2D eigenvalue weighted by Crippen LogP contribution is -2.15. The van der Waals surface area contributed by atoms with Gasteiger partial charge >= 0.3 is 0 Å². The molecule has 7 heteroatoms. The van der Waals surface area contributed by atoms with Crippen molar-refractivity contribution in [1.82, 2.24) is 4.98 Å². The summed E-state index contributed by atoms with van der Waals surface area (Å²) in [5, 5.41) is 9.10. The quantitative estimate of drug-likeness (QED) is 0.881. The minimum Gasteiger partial charge on any atom is -0.392 e. The molecule has 1 heterocycles. The van der Waals surface area contributed by atoms with E-state index >= 15 is 0 Å². The third-order valence-corrected chi connectivity index (χ3v) is 4.94. The fourth-order valence-electron chi connectivity index (χ4n) is 1.64. The number of aromatic nitrogens is 1. The van der Waals surface area contributed by atoms with E-state index in [9.17, 15) is 8.42 Å². The topological polar surface area (TPSA) is 79.3 Å². The number of aliphatic hydroxyl groups is 1. The van der Waals surface area contributed by atoms with Gasteiger partial charge in [0.25, 0.3) is 10.0 Å². The van der Waals surface area contributed by atoms with E-state index in [1.165, 1.54) is 6.07 Å². The van der Waals surface area contributed by atoms with Gasteiger partial charge < -0.3 is 5.11 Å². The predicted octanol–water partition coefficient (Wildman–Crippen LogP) is 2.45. The summed E-state index contributed by atoms with van der Waals surface area (Å²) in [5.41, 5.74) is 1.24. The summed E-state index contributed by atoms with van der Waals surface area (Å²) in [6.07, 6.45) is 0. The van der Waals surface area contributed by atoms with Gasteiger partial charge in [-0.3, -0.25) is 4.72 Å². The Morgan fingerprint density at radius 1 is 1.30 bits per heavy atom. The molecule has 0 spiro atoms. The summed E-state index contributed by atoms with van der Waals surface area (Å²) in [6, 6.07) is 9.73. The molecule has 5 nitrogen and oxygen atoms in total. The normalized spacial score (nSPS) is 11.3. The average Bonchev–Trinajstić information content (AvgIpc) is 2.38. The Hall–Kier alpha value is -1.44. The van der Waals surface area contributed by atoms with E-state index in [0.29, 0.717) is 15.7 Å². The van der Waals surface area contributed by atoms with Crippen molar-refractivity contribution in [3.8, 4) is 0 Å². The first-order chi connectivity index (χ1) is 9.42. The number of hydrogen-bond acceptors (Lipinski definition) is 4. The van der Waals surface area contributed by atoms with E-state index in [-0.39, 0.29) is 17.3 Å². The number of hydrogen-bond donors (Lipinski definition) is 2. The Balaban J connectivity index is 2.40. The number of nitrogens with one attached hydrogen (secondary N) is 1. The van der Waals surface area contributed by atoms with Crippen LogP contribution in [0, 0.1) is 6.92 Å². The molecule has 2 rings (SSSR count). The largest absolute Gasteiger partial charge is 0.392 e. The van der Waals surface area contributed by atoms with Crippen LogP contribution in [0.1, 0.15) is 11.3 Å². The summed E-state index contributed by atoms with van der Waals surface area (Å²) < 4.78 is 27.5. The van der Waals surface area contributed by atoms with Crippen LogP contribution < -0.4 is 4.72 Å². The van der Waals surface area contributed by atoms with Gasteiger partial charge in [-0.1, -0.05) is 12.1 Å². The Bertz CT molecular complexity index is 732. The molecule has 0 bridgehead atoms. The first kappa shape index (κ1) is 15.0. The van der Waals surface area contributed by atoms with Crippen molar-refractivity contribution >= 4 is 31.8 Å². The van der Waals surface area contributed by atoms with Gasteiger partial charge in [-0.05, 0) is 52.7 Å². The number of pyridine rings is 1. The highest BCUT2D eigenvalue weighted by Gasteiger charge is 2.18. The second-order valence-corrected chi connectivity index (χ2v) is 6.70. The third kappa shape index (κ3) is 3.36. The zero-order chi connectivity index (χ0) is 14.8. The first-order valence-corrected chi connectivity index (χ1v) is 8.06. The van der Waals surface area contributed by atoms with E-state index in [0.717, 1.165) is 0 Å². The van der Waals surface area contributed by atoms with Crippen molar-refractivity contribution in [2.24, 2.45) is 0 Å². The van der Waals surface area contributed by atoms with E-state index in [4.69, 9.17) is 5.11 Å². The fraction of sp³-hybridized carbons (Fsp3) is 0.154. The third-order valence-electron chi connectivity index (χ3n) is 2.59. The van der Waals surface area contributed by atoms with Crippen molar-refractivity contribution in [2.75, 3.05) is 4.72 Å². The molecule has 0 saturated carbocycles. The summed E-state index contributed by atoms with van der Waals surface area (Å²) in [4.78, 5) is 4.16. The highest BCUT2D eigenvalue weighted by molar-refractivity contribution is 9.10. The molecular formula is C13H13BrN2O3S. The summed E-state index contributed by atoms with van der Waals surface area (Å²) >= 11 is 3.20. The minimum atomic E-state index is -3.76. The van der Waals surface area contributed by atoms with Crippen molar-refractivity contribution in [1.29, 1.82) is 0 Å². The molecule has 2 N–H and O–H groups in total. The Labute approximate surface area is 125 Å². The van der Waals surface area contributed by atoms with Crippen LogP contribution in [0.3, 0.4) is 0 Å². The average molecular weight is 357 g/mol. The van der Waals surface area contributed by atoms with Crippen LogP contribution >= 0.6 is 15.9 Å². The smallest absolute Gasteiger partial charge is 0.264 e. The van der Waals surface area contributed by atoms with Crippen LogP contribution in [0.5, 0.6) is 0 Å². The summed E-state index contributed by atoms with van der Waals surface area (Å²) in [5.74, 6) is 0.256. The van der Waals surface area contributed by atoms with Gasteiger partial charge in [0.15, 0.2) is 0 Å². The minimum absolute atomic E-state index is 0.0624. The van der Waals surface area contributed by atoms with Crippen LogP contribution in [0.15, 0.2) is 45.8 Å². The maximum atomic E-state index is 12.3. The first-order valence-electron chi connectivity index (χ1n) is 5.78. The summed E-state index contributed by atoms with van der Waals surface area (Å²) in [6.45, 7) is 1.55. The number of aliphatic hydroxyl groups excluding tert-OH is 1. The number of halogens is 1. The standard InChI is InChI=1S/C13H13BrN2O3S/c1-9-3-2-4-13(15-9)16-20(18,19)12-7-10(8-17)5-6-11(12)14/h2-7,17H,8H2,1H3,(H,15,16). The number of anilines is 1. The van der Waals surface area contributed by atoms with Crippen LogP contribution in [0.4, 0.5) is 5.82 Å². The Morgan fingerprint density at radius 2 is 2.05 bits per heavy atom. The lowest BCUT2D eigenvalue weighted by molar-refractivity contribution is 0.281. The maximum absolute atomic E-state index is 12.3. The number of sulfonamides is 1. The Morgan fingerprint density at radius 3 is 2.70 bits per heavy atom. The zero-order valence-electron chi connectivity index (χ0n) is 10.7. The van der Waals surface area contributed by atoms with E-state index in [1.807, 2.05) is 0 Å². The molecule has 0 unspecified atom stereocenters. The molecular weight excluding hydrogens is 344 g/mol. The summed E-state index contributed by atoms with van der Waals surface area (Å²) in [7, 11) is -3.76. The molecule has 0 saturated heterocycles. The Kier molecular flexibility index (Phi) is 4.42. The van der Waals surface area contributed by atoms with Crippen molar-refractivity contribution < 1.29 is 13.5 Å². The number of aryl methyl sites for hydroxylation is 1. The van der Waals surface area contributed by atoms with Gasteiger partial charge in [0.05, 0.1) is 6.61 Å². The highest BCUT2D eigenvalue weighted by atomic mass is 79.9. The molecule has 1 aromatic heterocycles. The van der Waals surface area contributed by atoms with Crippen LogP contribution in [-0.2, 0) is 16.6 Å². The van der Waals surface area contributed by atoms with Gasteiger partial charge in [0.1, 0.15) is 10.7 Å². The van der Waals surface area contributed by atoms with Crippen LogP contribution in [0.2, 0.25) is 0 Å². The monoisotopic (exact) mass is 356 g/mol. The maximum Gasteiger partial charge on any atom is 0.264 e. The van der Waals surface area contributed by atoms with Gasteiger partial charge in [0, 0.05) is 10.2 Å². The number of nitrogens with zero attached hydrogens (tertiary/aromatic N) is 1. The van der Waals surface area contributed by atoms with E-state index in [1.54, 1.807) is 37.3 Å². The second kappa shape index (κ2) is 5.90. The SMILES string of the molecule is Cc1cccc(NS(=O)(=O)c2cc(CO)ccc2Br)n1. The van der Waals surface area contributed by atoms with Gasteiger partial charge in [-0.15, -0.1) is 0 Å². The molecule has 0 atom stereocenters. The fourth-order valence-corrected chi connectivity index (χ4v) is 3.66. The lowest BCUT2D eigenvalue weighted by atomic mass is 10.2. The number of benzene rings is 1. The number of rotatable bonds is 4. The van der Waals surface area contributed by atoms with E-state index in [2.05, 4.69) is 25.6 Å². The van der Waals surface area contributed by atoms with Crippen LogP contribution in [0.25, 0.3) is 0 Å². The van der Waals surface area contributed by atoms with Crippen molar-refractivity contribution in [3.63, 3.8) is 0 Å². The molecule has 20 heavy (non-hydrogen) atoms. The van der Waals surface area contributed by atoms with Crippen molar-refractivity contribution in [2.45, 2.75) is 18.4 Å². The predicted molar refractivity (Wildman–Crippen MR) is 79.8 cm³/mol. The van der Waals surface area contributed by atoms with Gasteiger partial charge in [-0.25, -0.2) is 13.4 Å². The second-order valence-electron chi connectivity index (χ2n) is 4.19. The molecule has 2 aromatic rings. The highest BCUT2D eigenvalue weighted by Crippen LogP contribution is 2.25. The van der Waals surface area contributed by atoms with Gasteiger partial charge in [-0.2, -0.15) is 0 Å². The molecule has 0 aliphatic heterocycles. The lowest BCUT2D eigenvalue weighted by Gasteiger charge is -2.10. The van der Waals surface area contributed by atoms with E-state index < -0.39 is 10.0 Å². The molecule has 0 aliphatic carbocycles. The molecule has 0 amide bonds. The molecule has 0 radical (unpaired) electrons. The van der Waals surface area contributed by atoms with Crippen LogP contribution in [-0.4, -0.2) is 18.5 Å². The molecule has 0 fully saturated rings. The van der Waals surface area contributed by atoms with Gasteiger partial charge in [0.2, 0.25) is 0 Å². The zero-order valence-corrected chi connectivity index (χ0v) is 13.1.